The summed E-state index contributed by atoms with van der Waals surface area (Å²) in [5.41, 5.74) is 5.49. The van der Waals surface area contributed by atoms with E-state index in [0.717, 1.165) is 51.4 Å². The van der Waals surface area contributed by atoms with Crippen LogP contribution in [0.15, 0.2) is 0 Å². The first kappa shape index (κ1) is 14.3. The molecule has 2 unspecified atom stereocenters. The Morgan fingerprint density at radius 1 is 1.16 bits per heavy atom. The summed E-state index contributed by atoms with van der Waals surface area (Å²) in [7, 11) is 0. The zero-order valence-electron chi connectivity index (χ0n) is 11.4. The number of carboxylic acid groups (broad SMARTS) is 1. The van der Waals surface area contributed by atoms with Crippen LogP contribution in [-0.2, 0) is 9.59 Å². The molecular formula is C14H24N2O3. The second-order valence-corrected chi connectivity index (χ2v) is 6.10. The van der Waals surface area contributed by atoms with E-state index in [-0.39, 0.29) is 24.3 Å². The first-order valence-corrected chi connectivity index (χ1v) is 7.32. The van der Waals surface area contributed by atoms with Gasteiger partial charge in [0.25, 0.3) is 0 Å². The number of hydrogen-bond donors (Lipinski definition) is 3. The average Bonchev–Trinajstić information content (AvgIpc) is 2.76. The molecule has 2 fully saturated rings. The summed E-state index contributed by atoms with van der Waals surface area (Å²) in [5.74, 6) is -1.01. The van der Waals surface area contributed by atoms with Gasteiger partial charge in [0.15, 0.2) is 0 Å². The van der Waals surface area contributed by atoms with E-state index in [0.29, 0.717) is 0 Å². The first-order chi connectivity index (χ1) is 9.02. The summed E-state index contributed by atoms with van der Waals surface area (Å²) in [6.45, 7) is 0. The minimum absolute atomic E-state index is 0.0285. The van der Waals surface area contributed by atoms with Crippen LogP contribution < -0.4 is 11.1 Å². The molecule has 0 radical (unpaired) electrons. The summed E-state index contributed by atoms with van der Waals surface area (Å²) in [4.78, 5) is 23.4. The van der Waals surface area contributed by atoms with E-state index in [1.54, 1.807) is 0 Å². The van der Waals surface area contributed by atoms with Crippen molar-refractivity contribution >= 4 is 11.9 Å². The van der Waals surface area contributed by atoms with E-state index in [1.165, 1.54) is 0 Å². The van der Waals surface area contributed by atoms with Gasteiger partial charge in [-0.25, -0.2) is 0 Å². The Morgan fingerprint density at radius 2 is 1.79 bits per heavy atom. The summed E-state index contributed by atoms with van der Waals surface area (Å²) < 4.78 is 0. The number of hydrogen-bond acceptors (Lipinski definition) is 3. The van der Waals surface area contributed by atoms with Gasteiger partial charge in [-0.3, -0.25) is 9.59 Å². The largest absolute Gasteiger partial charge is 0.481 e. The van der Waals surface area contributed by atoms with Crippen LogP contribution in [0.2, 0.25) is 0 Å². The Bertz CT molecular complexity index is 351. The lowest BCUT2D eigenvalue weighted by Crippen LogP contribution is -2.53. The second kappa shape index (κ2) is 5.90. The molecule has 0 saturated heterocycles. The van der Waals surface area contributed by atoms with Crippen molar-refractivity contribution in [1.82, 2.24) is 5.32 Å². The molecule has 2 rings (SSSR count). The van der Waals surface area contributed by atoms with Gasteiger partial charge in [-0.2, -0.15) is 0 Å². The molecule has 4 N–H and O–H groups in total. The Kier molecular flexibility index (Phi) is 4.45. The second-order valence-electron chi connectivity index (χ2n) is 6.10. The number of nitrogens with two attached hydrogens (primary N) is 1. The van der Waals surface area contributed by atoms with Gasteiger partial charge in [-0.15, -0.1) is 0 Å². The predicted octanol–water partition coefficient (Wildman–Crippen LogP) is 1.41. The Balaban J connectivity index is 2.00. The van der Waals surface area contributed by atoms with Gasteiger partial charge in [-0.05, 0) is 25.7 Å². The van der Waals surface area contributed by atoms with Gasteiger partial charge in [0, 0.05) is 6.04 Å². The highest BCUT2D eigenvalue weighted by molar-refractivity contribution is 5.81. The monoisotopic (exact) mass is 268 g/mol. The van der Waals surface area contributed by atoms with Gasteiger partial charge in [-0.1, -0.05) is 25.7 Å². The van der Waals surface area contributed by atoms with E-state index in [4.69, 9.17) is 10.8 Å². The van der Waals surface area contributed by atoms with Crippen molar-refractivity contribution < 1.29 is 14.7 Å². The third-order valence-electron chi connectivity index (χ3n) is 4.59. The lowest BCUT2D eigenvalue weighted by Gasteiger charge is -2.34. The van der Waals surface area contributed by atoms with Crippen molar-refractivity contribution in [3.63, 3.8) is 0 Å². The fourth-order valence-electron chi connectivity index (χ4n) is 3.53. The van der Waals surface area contributed by atoms with Crippen LogP contribution in [0.3, 0.4) is 0 Å². The number of nitrogens with one attached hydrogen (secondary N) is 1. The average molecular weight is 268 g/mol. The highest BCUT2D eigenvalue weighted by Crippen LogP contribution is 2.34. The van der Waals surface area contributed by atoms with Crippen molar-refractivity contribution in [2.24, 2.45) is 11.7 Å². The summed E-state index contributed by atoms with van der Waals surface area (Å²) >= 11 is 0. The van der Waals surface area contributed by atoms with E-state index >= 15 is 0 Å². The predicted molar refractivity (Wildman–Crippen MR) is 71.5 cm³/mol. The molecule has 2 atom stereocenters. The molecule has 1 amide bonds. The molecule has 0 spiro atoms. The van der Waals surface area contributed by atoms with E-state index < -0.39 is 11.5 Å². The van der Waals surface area contributed by atoms with Crippen LogP contribution in [0.25, 0.3) is 0 Å². The van der Waals surface area contributed by atoms with E-state index in [9.17, 15) is 9.59 Å². The van der Waals surface area contributed by atoms with E-state index in [2.05, 4.69) is 5.32 Å². The van der Waals surface area contributed by atoms with Crippen molar-refractivity contribution in [2.45, 2.75) is 69.4 Å². The molecular weight excluding hydrogens is 244 g/mol. The Hall–Kier alpha value is -1.10. The summed E-state index contributed by atoms with van der Waals surface area (Å²) in [5, 5.41) is 12.1. The quantitative estimate of drug-likeness (QED) is 0.718. The highest BCUT2D eigenvalue weighted by Gasteiger charge is 2.40. The zero-order valence-corrected chi connectivity index (χ0v) is 11.4. The first-order valence-electron chi connectivity index (χ1n) is 7.32. The van der Waals surface area contributed by atoms with Crippen molar-refractivity contribution in [3.05, 3.63) is 0 Å². The van der Waals surface area contributed by atoms with Crippen molar-refractivity contribution in [2.75, 3.05) is 0 Å². The van der Waals surface area contributed by atoms with Gasteiger partial charge in [0.1, 0.15) is 0 Å². The number of carbonyl (C=O) groups excluding carboxylic acids is 1. The lowest BCUT2D eigenvalue weighted by atomic mass is 9.83. The maximum Gasteiger partial charge on any atom is 0.305 e. The number of carboxylic acids is 1. The van der Waals surface area contributed by atoms with Gasteiger partial charge < -0.3 is 16.2 Å². The maximum absolute atomic E-state index is 12.4. The molecule has 2 aliphatic rings. The number of carbonyl (C=O) groups is 2. The molecule has 2 saturated carbocycles. The molecule has 0 bridgehead atoms. The van der Waals surface area contributed by atoms with Gasteiger partial charge in [0.05, 0.1) is 17.9 Å². The zero-order chi connectivity index (χ0) is 13.9. The molecule has 108 valence electrons. The van der Waals surface area contributed by atoms with Crippen LogP contribution in [0, 0.1) is 5.92 Å². The molecule has 0 aliphatic heterocycles. The molecule has 0 heterocycles. The molecule has 0 aromatic heterocycles. The normalized spacial score (nSPS) is 29.9. The van der Waals surface area contributed by atoms with Crippen LogP contribution >= 0.6 is 0 Å². The molecule has 0 aromatic carbocycles. The summed E-state index contributed by atoms with van der Waals surface area (Å²) in [6.07, 6.45) is 7.40. The molecule has 5 heteroatoms. The van der Waals surface area contributed by atoms with Crippen LogP contribution in [0.5, 0.6) is 0 Å². The highest BCUT2D eigenvalue weighted by atomic mass is 16.4. The SMILES string of the molecule is NC1CCCCC1C(=O)NC1(CC(=O)O)CCCC1. The Labute approximate surface area is 113 Å². The maximum atomic E-state index is 12.4. The smallest absolute Gasteiger partial charge is 0.305 e. The fraction of sp³-hybridized carbons (Fsp3) is 0.857. The Morgan fingerprint density at radius 3 is 2.37 bits per heavy atom. The molecule has 19 heavy (non-hydrogen) atoms. The molecule has 2 aliphatic carbocycles. The standard InChI is InChI=1S/C14H24N2O3/c15-11-6-2-1-5-10(11)13(19)16-14(9-12(17)18)7-3-4-8-14/h10-11H,1-9,15H2,(H,16,19)(H,17,18). The van der Waals surface area contributed by atoms with Gasteiger partial charge >= 0.3 is 5.97 Å². The lowest BCUT2D eigenvalue weighted by molar-refractivity contribution is -0.139. The van der Waals surface area contributed by atoms with Crippen LogP contribution in [0.4, 0.5) is 0 Å². The van der Waals surface area contributed by atoms with Crippen LogP contribution in [-0.4, -0.2) is 28.6 Å². The fourth-order valence-corrected chi connectivity index (χ4v) is 3.53. The molecule has 5 nitrogen and oxygen atoms in total. The number of amides is 1. The number of aliphatic carboxylic acids is 1. The van der Waals surface area contributed by atoms with E-state index in [1.807, 2.05) is 0 Å². The number of rotatable bonds is 4. The third-order valence-corrected chi connectivity index (χ3v) is 4.59. The summed E-state index contributed by atoms with van der Waals surface area (Å²) in [6, 6.07) is -0.0722. The molecule has 0 aromatic rings. The topological polar surface area (TPSA) is 92.4 Å². The van der Waals surface area contributed by atoms with Crippen molar-refractivity contribution in [1.29, 1.82) is 0 Å². The van der Waals surface area contributed by atoms with Crippen molar-refractivity contribution in [3.8, 4) is 0 Å². The van der Waals surface area contributed by atoms with Gasteiger partial charge in [0.2, 0.25) is 5.91 Å². The minimum atomic E-state index is -0.838. The van der Waals surface area contributed by atoms with Crippen LogP contribution in [0.1, 0.15) is 57.8 Å². The minimum Gasteiger partial charge on any atom is -0.481 e. The third kappa shape index (κ3) is 3.47.